The van der Waals surface area contributed by atoms with Crippen LogP contribution in [0.15, 0.2) is 42.6 Å². The molecule has 1 amide bonds. The molecule has 5 heteroatoms. The van der Waals surface area contributed by atoms with Gasteiger partial charge >= 0.3 is 0 Å². The molecule has 1 aliphatic heterocycles. The van der Waals surface area contributed by atoms with Crippen molar-refractivity contribution in [3.05, 3.63) is 65.1 Å². The summed E-state index contributed by atoms with van der Waals surface area (Å²) in [5.74, 6) is 0.209. The molecule has 24 heavy (non-hydrogen) atoms. The van der Waals surface area contributed by atoms with Crippen molar-refractivity contribution in [2.45, 2.75) is 32.7 Å². The Bertz CT molecular complexity index is 885. The second kappa shape index (κ2) is 6.07. The van der Waals surface area contributed by atoms with Crippen LogP contribution in [0.25, 0.3) is 5.65 Å². The van der Waals surface area contributed by atoms with Gasteiger partial charge in [-0.05, 0) is 18.9 Å². The van der Waals surface area contributed by atoms with E-state index in [1.54, 1.807) is 0 Å². The highest BCUT2D eigenvalue weighted by Gasteiger charge is 2.23. The number of benzene rings is 1. The van der Waals surface area contributed by atoms with Crippen LogP contribution in [0, 0.1) is 6.92 Å². The number of aromatic nitrogens is 3. The fourth-order valence-electron chi connectivity index (χ4n) is 3.32. The van der Waals surface area contributed by atoms with Crippen molar-refractivity contribution in [3.63, 3.8) is 0 Å². The van der Waals surface area contributed by atoms with Gasteiger partial charge in [0.25, 0.3) is 0 Å². The van der Waals surface area contributed by atoms with Gasteiger partial charge in [-0.1, -0.05) is 30.3 Å². The van der Waals surface area contributed by atoms with Crippen LogP contribution in [0.2, 0.25) is 0 Å². The lowest BCUT2D eigenvalue weighted by molar-refractivity contribution is -0.132. The van der Waals surface area contributed by atoms with Gasteiger partial charge in [0.15, 0.2) is 5.65 Å². The van der Waals surface area contributed by atoms with Crippen molar-refractivity contribution in [3.8, 4) is 0 Å². The van der Waals surface area contributed by atoms with Crippen molar-refractivity contribution in [1.82, 2.24) is 19.5 Å². The molecular weight excluding hydrogens is 300 g/mol. The number of carbonyl (C=O) groups is 1. The molecular formula is C19H20N4O. The molecule has 3 heterocycles. The molecule has 3 aromatic rings. The van der Waals surface area contributed by atoms with Gasteiger partial charge < -0.3 is 4.90 Å². The molecule has 0 fully saturated rings. The predicted octanol–water partition coefficient (Wildman–Crippen LogP) is 2.56. The first-order valence-corrected chi connectivity index (χ1v) is 8.35. The van der Waals surface area contributed by atoms with E-state index in [2.05, 4.69) is 22.2 Å². The summed E-state index contributed by atoms with van der Waals surface area (Å²) in [5.41, 5.74) is 5.34. The molecule has 0 saturated carbocycles. The van der Waals surface area contributed by atoms with Gasteiger partial charge in [-0.2, -0.15) is 5.10 Å². The maximum Gasteiger partial charge on any atom is 0.223 e. The highest BCUT2D eigenvalue weighted by molar-refractivity contribution is 5.76. The Morgan fingerprint density at radius 2 is 2.08 bits per heavy atom. The maximum atomic E-state index is 12.5. The minimum Gasteiger partial charge on any atom is -0.338 e. The van der Waals surface area contributed by atoms with E-state index in [4.69, 9.17) is 0 Å². The van der Waals surface area contributed by atoms with Crippen LogP contribution in [0.5, 0.6) is 0 Å². The van der Waals surface area contributed by atoms with E-state index in [-0.39, 0.29) is 5.91 Å². The lowest BCUT2D eigenvalue weighted by Gasteiger charge is -2.28. The van der Waals surface area contributed by atoms with Crippen LogP contribution < -0.4 is 0 Å². The SMILES string of the molecule is Cc1cc2ncc3c(n2n1)CCN(C(=O)CCc1ccccc1)C3. The summed E-state index contributed by atoms with van der Waals surface area (Å²) in [6.07, 6.45) is 4.06. The number of aryl methyl sites for hydroxylation is 2. The number of fused-ring (bicyclic) bond motifs is 3. The molecule has 1 aromatic carbocycles. The summed E-state index contributed by atoms with van der Waals surface area (Å²) in [6.45, 7) is 3.35. The third-order valence-corrected chi connectivity index (χ3v) is 4.59. The first-order valence-electron chi connectivity index (χ1n) is 8.35. The van der Waals surface area contributed by atoms with E-state index in [0.29, 0.717) is 13.0 Å². The minimum absolute atomic E-state index is 0.209. The molecule has 0 aliphatic carbocycles. The fraction of sp³-hybridized carbons (Fsp3) is 0.316. The van der Waals surface area contributed by atoms with E-state index in [9.17, 15) is 4.79 Å². The standard InChI is InChI=1S/C19H20N4O/c1-14-11-18-20-12-16-13-22(10-9-17(16)23(18)21-14)19(24)8-7-15-5-3-2-4-6-15/h2-6,11-12H,7-10,13H2,1H3. The number of carbonyl (C=O) groups excluding carboxylic acids is 1. The molecule has 0 bridgehead atoms. The molecule has 2 aromatic heterocycles. The van der Waals surface area contributed by atoms with E-state index in [0.717, 1.165) is 36.3 Å². The molecule has 122 valence electrons. The van der Waals surface area contributed by atoms with Gasteiger partial charge in [-0.15, -0.1) is 0 Å². The topological polar surface area (TPSA) is 50.5 Å². The normalized spacial score (nSPS) is 14.0. The van der Waals surface area contributed by atoms with Crippen LogP contribution in [0.1, 0.15) is 28.9 Å². The largest absolute Gasteiger partial charge is 0.338 e. The number of rotatable bonds is 3. The number of amides is 1. The molecule has 0 radical (unpaired) electrons. The van der Waals surface area contributed by atoms with Crippen molar-refractivity contribution in [2.24, 2.45) is 0 Å². The quantitative estimate of drug-likeness (QED) is 0.745. The van der Waals surface area contributed by atoms with E-state index < -0.39 is 0 Å². The van der Waals surface area contributed by atoms with Crippen LogP contribution in [-0.4, -0.2) is 31.9 Å². The molecule has 0 spiro atoms. The lowest BCUT2D eigenvalue weighted by Crippen LogP contribution is -2.37. The molecule has 0 saturated heterocycles. The zero-order valence-electron chi connectivity index (χ0n) is 13.8. The Kier molecular flexibility index (Phi) is 3.76. The van der Waals surface area contributed by atoms with Gasteiger partial charge in [-0.3, -0.25) is 4.79 Å². The minimum atomic E-state index is 0.209. The Labute approximate surface area is 140 Å². The molecule has 0 atom stereocenters. The van der Waals surface area contributed by atoms with Crippen molar-refractivity contribution >= 4 is 11.6 Å². The third kappa shape index (κ3) is 2.77. The Balaban J connectivity index is 1.47. The summed E-state index contributed by atoms with van der Waals surface area (Å²) >= 11 is 0. The maximum absolute atomic E-state index is 12.5. The van der Waals surface area contributed by atoms with Crippen LogP contribution in [0.4, 0.5) is 0 Å². The first-order chi connectivity index (χ1) is 11.7. The predicted molar refractivity (Wildman–Crippen MR) is 91.6 cm³/mol. The van der Waals surface area contributed by atoms with Gasteiger partial charge in [0.1, 0.15) is 0 Å². The monoisotopic (exact) mass is 320 g/mol. The first kappa shape index (κ1) is 14.9. The lowest BCUT2D eigenvalue weighted by atomic mass is 10.1. The molecule has 0 N–H and O–H groups in total. The summed E-state index contributed by atoms with van der Waals surface area (Å²) in [7, 11) is 0. The van der Waals surface area contributed by atoms with Crippen LogP contribution in [-0.2, 0) is 24.2 Å². The summed E-state index contributed by atoms with van der Waals surface area (Å²) in [5, 5.41) is 4.52. The summed E-state index contributed by atoms with van der Waals surface area (Å²) in [6, 6.07) is 12.1. The Hall–Kier alpha value is -2.69. The van der Waals surface area contributed by atoms with Gasteiger partial charge in [0.05, 0.1) is 11.4 Å². The average Bonchev–Trinajstić information content (AvgIpc) is 3.00. The second-order valence-corrected chi connectivity index (χ2v) is 6.34. The van der Waals surface area contributed by atoms with Crippen LogP contribution in [0.3, 0.4) is 0 Å². The zero-order chi connectivity index (χ0) is 16.5. The van der Waals surface area contributed by atoms with Gasteiger partial charge in [0, 0.05) is 43.8 Å². The second-order valence-electron chi connectivity index (χ2n) is 6.34. The van der Waals surface area contributed by atoms with E-state index >= 15 is 0 Å². The average molecular weight is 320 g/mol. The Morgan fingerprint density at radius 3 is 2.92 bits per heavy atom. The zero-order valence-corrected chi connectivity index (χ0v) is 13.8. The number of hydrogen-bond acceptors (Lipinski definition) is 3. The van der Waals surface area contributed by atoms with Gasteiger partial charge in [0.2, 0.25) is 5.91 Å². The molecule has 4 rings (SSSR count). The third-order valence-electron chi connectivity index (χ3n) is 4.59. The van der Waals surface area contributed by atoms with Crippen molar-refractivity contribution in [1.29, 1.82) is 0 Å². The van der Waals surface area contributed by atoms with Crippen molar-refractivity contribution < 1.29 is 4.79 Å². The van der Waals surface area contributed by atoms with Gasteiger partial charge in [-0.25, -0.2) is 9.50 Å². The highest BCUT2D eigenvalue weighted by atomic mass is 16.2. The smallest absolute Gasteiger partial charge is 0.223 e. The van der Waals surface area contributed by atoms with Crippen molar-refractivity contribution in [2.75, 3.05) is 6.54 Å². The van der Waals surface area contributed by atoms with E-state index in [1.165, 1.54) is 11.3 Å². The number of hydrogen-bond donors (Lipinski definition) is 0. The Morgan fingerprint density at radius 1 is 1.25 bits per heavy atom. The summed E-state index contributed by atoms with van der Waals surface area (Å²) < 4.78 is 1.93. The summed E-state index contributed by atoms with van der Waals surface area (Å²) in [4.78, 5) is 18.9. The van der Waals surface area contributed by atoms with E-state index in [1.807, 2.05) is 46.8 Å². The molecule has 1 aliphatic rings. The molecule has 5 nitrogen and oxygen atoms in total. The van der Waals surface area contributed by atoms with Crippen LogP contribution >= 0.6 is 0 Å². The molecule has 0 unspecified atom stereocenters. The fourth-order valence-corrected chi connectivity index (χ4v) is 3.32. The number of nitrogens with zero attached hydrogens (tertiary/aromatic N) is 4. The highest BCUT2D eigenvalue weighted by Crippen LogP contribution is 2.20.